The summed E-state index contributed by atoms with van der Waals surface area (Å²) in [7, 11) is 0. The molecule has 438 valence electrons. The van der Waals surface area contributed by atoms with E-state index in [4.69, 9.17) is 0 Å². The molecule has 8 aliphatic rings. The Bertz CT molecular complexity index is 3810. The van der Waals surface area contributed by atoms with Crippen LogP contribution in [0.15, 0.2) is 97.1 Å². The van der Waals surface area contributed by atoms with Gasteiger partial charge >= 0.3 is 0 Å². The summed E-state index contributed by atoms with van der Waals surface area (Å²) in [5.41, 5.74) is 27.0. The minimum Gasteiger partial charge on any atom is -0.311 e. The summed E-state index contributed by atoms with van der Waals surface area (Å²) in [6, 6.07) is 41.9. The van der Waals surface area contributed by atoms with Crippen LogP contribution in [0.1, 0.15) is 253 Å². The van der Waals surface area contributed by atoms with Gasteiger partial charge in [0.05, 0.1) is 11.4 Å². The van der Waals surface area contributed by atoms with Crippen molar-refractivity contribution in [1.29, 1.82) is 0 Å². The molecule has 4 fully saturated rings. The van der Waals surface area contributed by atoms with Crippen molar-refractivity contribution in [3.05, 3.63) is 147 Å². The number of thiophene rings is 1. The van der Waals surface area contributed by atoms with Gasteiger partial charge in [0.15, 0.2) is 0 Å². The summed E-state index contributed by atoms with van der Waals surface area (Å²) in [5.74, 6) is 2.71. The molecule has 4 saturated carbocycles. The molecule has 2 aliphatic heterocycles. The Balaban J connectivity index is 1.11. The number of hydrogen-bond donors (Lipinski definition) is 0. The van der Waals surface area contributed by atoms with E-state index in [1.54, 1.807) is 16.7 Å². The normalized spacial score (nSPS) is 24.2. The molecule has 4 bridgehead atoms. The minimum absolute atomic E-state index is 0.000694. The molecule has 0 radical (unpaired) electrons. The average molecular weight is 1130 g/mol. The van der Waals surface area contributed by atoms with E-state index >= 15 is 0 Å². The minimum atomic E-state index is -0.143. The van der Waals surface area contributed by atoms with Crippen molar-refractivity contribution < 1.29 is 0 Å². The SMILES string of the molecule is CC(C)(C)c1cc(-c2cc3c(cc2N2c4ccc(C(C)(C)C)cc4B4c5sc6cc7c(cc6c5N(c5ccc(C68CC9CC(CC(C9)C6)C8)cc5)c5cc(C(C)(C)C)cc2c54)C(C)(C)CCC7(C)C)C(C)(C)CCC3(C)C)cc(C(C)(C)C)c1. The van der Waals surface area contributed by atoms with Gasteiger partial charge < -0.3 is 9.80 Å². The lowest BCUT2D eigenvalue weighted by atomic mass is 9.36. The van der Waals surface area contributed by atoms with Crippen molar-refractivity contribution in [1.82, 2.24) is 0 Å². The highest BCUT2D eigenvalue weighted by molar-refractivity contribution is 7.33. The molecule has 4 heteroatoms. The van der Waals surface area contributed by atoms with Crippen molar-refractivity contribution in [2.45, 2.75) is 251 Å². The van der Waals surface area contributed by atoms with E-state index in [-0.39, 0.29) is 50.0 Å². The third-order valence-electron chi connectivity index (χ3n) is 23.3. The number of fused-ring (bicyclic) bond motifs is 8. The van der Waals surface area contributed by atoms with Crippen molar-refractivity contribution in [3.8, 4) is 11.1 Å². The first-order valence-corrected chi connectivity index (χ1v) is 33.8. The van der Waals surface area contributed by atoms with Gasteiger partial charge in [-0.1, -0.05) is 181 Å². The van der Waals surface area contributed by atoms with Crippen molar-refractivity contribution in [2.24, 2.45) is 17.8 Å². The van der Waals surface area contributed by atoms with E-state index in [9.17, 15) is 0 Å². The van der Waals surface area contributed by atoms with Crippen LogP contribution in [-0.4, -0.2) is 6.71 Å². The predicted octanol–water partition coefficient (Wildman–Crippen LogP) is 21.0. The molecular weight excluding hydrogens is 1030 g/mol. The number of hydrogen-bond acceptors (Lipinski definition) is 3. The van der Waals surface area contributed by atoms with Gasteiger partial charge in [0, 0.05) is 43.2 Å². The maximum absolute atomic E-state index is 2.82. The van der Waals surface area contributed by atoms with Crippen LogP contribution in [0.25, 0.3) is 21.2 Å². The molecule has 0 unspecified atom stereocenters. The van der Waals surface area contributed by atoms with Gasteiger partial charge in [0.25, 0.3) is 6.71 Å². The molecule has 0 spiro atoms. The summed E-state index contributed by atoms with van der Waals surface area (Å²) >= 11 is 2.10. The van der Waals surface area contributed by atoms with Crippen LogP contribution in [-0.2, 0) is 48.7 Å². The van der Waals surface area contributed by atoms with E-state index in [1.807, 2.05) is 0 Å². The van der Waals surface area contributed by atoms with Gasteiger partial charge in [0.1, 0.15) is 0 Å². The number of anilines is 6. The van der Waals surface area contributed by atoms with Crippen LogP contribution >= 0.6 is 11.3 Å². The molecule has 7 aromatic rings. The molecule has 15 rings (SSSR count). The van der Waals surface area contributed by atoms with Crippen molar-refractivity contribution in [2.75, 3.05) is 9.80 Å². The fourth-order valence-electron chi connectivity index (χ4n) is 18.1. The van der Waals surface area contributed by atoms with Gasteiger partial charge in [0.2, 0.25) is 0 Å². The number of benzene rings is 6. The molecular formula is C80H99BN2S. The molecule has 1 aromatic heterocycles. The Hall–Kier alpha value is -5.06. The summed E-state index contributed by atoms with van der Waals surface area (Å²) in [4.78, 5) is 5.63. The van der Waals surface area contributed by atoms with Crippen LogP contribution in [0.4, 0.5) is 34.1 Å². The lowest BCUT2D eigenvalue weighted by Gasteiger charge is -2.57. The van der Waals surface area contributed by atoms with Gasteiger partial charge in [-0.05, 0) is 252 Å². The Labute approximate surface area is 512 Å². The molecule has 6 aliphatic carbocycles. The third kappa shape index (κ3) is 8.77. The summed E-state index contributed by atoms with van der Waals surface area (Å²) < 4.78 is 2.91. The first-order valence-electron chi connectivity index (χ1n) is 33.0. The van der Waals surface area contributed by atoms with Crippen LogP contribution < -0.4 is 25.5 Å². The van der Waals surface area contributed by atoms with Gasteiger partial charge in [-0.15, -0.1) is 11.3 Å². The number of rotatable bonds is 4. The highest BCUT2D eigenvalue weighted by Crippen LogP contribution is 2.62. The maximum Gasteiger partial charge on any atom is 0.264 e. The van der Waals surface area contributed by atoms with Crippen LogP contribution in [0.2, 0.25) is 0 Å². The van der Waals surface area contributed by atoms with Crippen LogP contribution in [0.3, 0.4) is 0 Å². The summed E-state index contributed by atoms with van der Waals surface area (Å²) in [6.07, 6.45) is 13.3. The second-order valence-electron chi connectivity index (χ2n) is 35.5. The topological polar surface area (TPSA) is 6.48 Å². The molecule has 0 N–H and O–H groups in total. The third-order valence-corrected chi connectivity index (χ3v) is 24.5. The second kappa shape index (κ2) is 18.0. The maximum atomic E-state index is 2.82. The molecule has 0 saturated heterocycles. The zero-order valence-electron chi connectivity index (χ0n) is 55.4. The van der Waals surface area contributed by atoms with Gasteiger partial charge in [-0.3, -0.25) is 0 Å². The highest BCUT2D eigenvalue weighted by atomic mass is 32.1. The second-order valence-corrected chi connectivity index (χ2v) is 36.6. The standard InChI is InChI=1S/C80H99BN2S/c1-72(2,3)52-23-26-64-63(37-52)81-69-66(38-55(75(10,11)12)39-67(69)83(64)65-42-61-59(76(13,14)27-29-78(61,17)18)40-57(65)50-34-53(73(4,5)6)36-54(35-50)74(7,8)9)82(56-24-21-51(22-25-56)80-44-47-31-48(45-80)33-49(32-47)46-80)70-58-41-60-62(43-68(58)84-71(70)81)79(19,20)30-28-77(60,15)16/h21-26,34-43,47-49H,27-33,44-46H2,1-20H3. The fraction of sp³-hybridized carbons (Fsp3) is 0.525. The van der Waals surface area contributed by atoms with E-state index in [2.05, 4.69) is 257 Å². The molecule has 84 heavy (non-hydrogen) atoms. The number of nitrogens with zero attached hydrogens (tertiary/aromatic N) is 2. The first kappa shape index (κ1) is 56.7. The highest BCUT2D eigenvalue weighted by Gasteiger charge is 2.53. The van der Waals surface area contributed by atoms with Gasteiger partial charge in [-0.2, -0.15) is 0 Å². The van der Waals surface area contributed by atoms with E-state index in [1.165, 1.54) is 162 Å². The Kier molecular flexibility index (Phi) is 12.2. The van der Waals surface area contributed by atoms with Crippen molar-refractivity contribution >= 4 is 78.0 Å². The smallest absolute Gasteiger partial charge is 0.264 e. The van der Waals surface area contributed by atoms with E-state index < -0.39 is 0 Å². The molecule has 3 heterocycles. The lowest BCUT2D eigenvalue weighted by Crippen LogP contribution is -2.60. The average Bonchev–Trinajstić information content (AvgIpc) is 1.30. The Morgan fingerprint density at radius 1 is 0.440 bits per heavy atom. The fourth-order valence-corrected chi connectivity index (χ4v) is 19.4. The van der Waals surface area contributed by atoms with Gasteiger partial charge in [-0.25, -0.2) is 0 Å². The van der Waals surface area contributed by atoms with E-state index in [0.29, 0.717) is 5.41 Å². The monoisotopic (exact) mass is 1130 g/mol. The lowest BCUT2D eigenvalue weighted by molar-refractivity contribution is -0.00518. The van der Waals surface area contributed by atoms with Crippen molar-refractivity contribution in [3.63, 3.8) is 0 Å². The molecule has 6 aromatic carbocycles. The Morgan fingerprint density at radius 3 is 1.42 bits per heavy atom. The molecule has 2 nitrogen and oxygen atoms in total. The summed E-state index contributed by atoms with van der Waals surface area (Å²) in [5, 5.41) is 1.42. The Morgan fingerprint density at radius 2 is 0.905 bits per heavy atom. The first-order chi connectivity index (χ1) is 39.0. The molecule has 0 amide bonds. The zero-order chi connectivity index (χ0) is 59.8. The summed E-state index contributed by atoms with van der Waals surface area (Å²) in [6.45, 7) is 49.2. The molecule has 0 atom stereocenters. The zero-order valence-corrected chi connectivity index (χ0v) is 56.2. The predicted molar refractivity (Wildman–Crippen MR) is 367 cm³/mol. The van der Waals surface area contributed by atoms with E-state index in [0.717, 1.165) is 24.2 Å². The largest absolute Gasteiger partial charge is 0.311 e. The van der Waals surface area contributed by atoms with Crippen LogP contribution in [0.5, 0.6) is 0 Å². The quantitative estimate of drug-likeness (QED) is 0.162. The van der Waals surface area contributed by atoms with Crippen LogP contribution in [0, 0.1) is 17.8 Å².